The number of rotatable bonds is 6. The molecule has 3 saturated carbocycles. The summed E-state index contributed by atoms with van der Waals surface area (Å²) in [7, 11) is 14.7. The molecular weight excluding hydrogens is 783 g/mol. The fraction of sp³-hybridized carbons (Fsp3) is 0.565. The molecule has 0 unspecified atom stereocenters. The molecule has 6 heteroatoms. The van der Waals surface area contributed by atoms with Crippen LogP contribution in [0, 0.1) is 41.5 Å². The number of hydrogen-bond acceptors (Lipinski definition) is 2. The molecule has 4 aliphatic rings. The number of benzene rings is 3. The van der Waals surface area contributed by atoms with E-state index in [4.69, 9.17) is 19.4 Å². The molecule has 0 spiro atoms. The molecule has 0 radical (unpaired) electrons. The summed E-state index contributed by atoms with van der Waals surface area (Å²) in [5.41, 5.74) is 15.0. The summed E-state index contributed by atoms with van der Waals surface area (Å²) in [6, 6.07) is 19.1. The van der Waals surface area contributed by atoms with Crippen molar-refractivity contribution in [2.45, 2.75) is 155 Å². The number of hydrogen-bond donors (Lipinski definition) is 0. The second-order valence-corrected chi connectivity index (χ2v) is 29.0. The van der Waals surface area contributed by atoms with Crippen LogP contribution in [0.5, 0.6) is 0 Å². The first kappa shape index (κ1) is 40.3. The van der Waals surface area contributed by atoms with Gasteiger partial charge in [0.1, 0.15) is 0 Å². The van der Waals surface area contributed by atoms with Gasteiger partial charge in [0.25, 0.3) is 0 Å². The van der Waals surface area contributed by atoms with Gasteiger partial charge >= 0.3 is 210 Å². The SMILES string of the molecule is C1CCC([PH+](C2CCCCC2)C2CCCCC2)CC1.Cc1ccc(N2CCN(c3ccc(C)c(C)c3C)[C]2=[Ru]([Cl])([Cl])=[CH]c2ccccc2)c(C)c1C. The number of nitrogens with zero attached hydrogens (tertiary/aromatic N) is 2. The van der Waals surface area contributed by atoms with E-state index in [0.717, 1.165) is 23.0 Å². The van der Waals surface area contributed by atoms with Crippen LogP contribution in [0.1, 0.15) is 135 Å². The van der Waals surface area contributed by atoms with Crippen LogP contribution in [0.4, 0.5) is 11.4 Å². The quantitative estimate of drug-likeness (QED) is 0.180. The van der Waals surface area contributed by atoms with Crippen LogP contribution in [-0.2, 0) is 11.9 Å². The summed E-state index contributed by atoms with van der Waals surface area (Å²) in [5, 5.41) is 0. The summed E-state index contributed by atoms with van der Waals surface area (Å²) in [6.07, 6.45) is 23.8. The van der Waals surface area contributed by atoms with Crippen molar-refractivity contribution >= 4 is 47.6 Å². The second kappa shape index (κ2) is 18.5. The van der Waals surface area contributed by atoms with Crippen molar-refractivity contribution in [1.29, 1.82) is 0 Å². The maximum absolute atomic E-state index is 7.37. The summed E-state index contributed by atoms with van der Waals surface area (Å²) in [6.45, 7) is 14.8. The van der Waals surface area contributed by atoms with E-state index in [0.29, 0.717) is 0 Å². The van der Waals surface area contributed by atoms with Crippen LogP contribution < -0.4 is 9.80 Å². The van der Waals surface area contributed by atoms with Gasteiger partial charge in [-0.25, -0.2) is 0 Å². The van der Waals surface area contributed by atoms with E-state index < -0.39 is 11.9 Å². The first-order valence-electron chi connectivity index (χ1n) is 20.5. The van der Waals surface area contributed by atoms with Crippen LogP contribution in [-0.4, -0.2) is 39.0 Å². The van der Waals surface area contributed by atoms with E-state index in [9.17, 15) is 0 Å². The zero-order chi connectivity index (χ0) is 36.8. The Morgan fingerprint density at radius 3 is 1.29 bits per heavy atom. The molecule has 52 heavy (non-hydrogen) atoms. The van der Waals surface area contributed by atoms with Crippen LogP contribution in [0.2, 0.25) is 0 Å². The Labute approximate surface area is 328 Å². The van der Waals surface area contributed by atoms with Gasteiger partial charge in [0.05, 0.1) is 17.0 Å². The Morgan fingerprint density at radius 1 is 0.519 bits per heavy atom. The van der Waals surface area contributed by atoms with Crippen molar-refractivity contribution in [1.82, 2.24) is 0 Å². The second-order valence-electron chi connectivity index (χ2n) is 16.3. The van der Waals surface area contributed by atoms with Crippen LogP contribution in [0.15, 0.2) is 54.6 Å². The van der Waals surface area contributed by atoms with E-state index in [1.165, 1.54) is 61.7 Å². The molecule has 1 heterocycles. The normalized spacial score (nSPS) is 19.9. The molecule has 1 aliphatic heterocycles. The average molecular weight is 850 g/mol. The molecule has 2 nitrogen and oxygen atoms in total. The maximum atomic E-state index is 7.37. The van der Waals surface area contributed by atoms with E-state index in [2.05, 4.69) is 92.3 Å². The third-order valence-electron chi connectivity index (χ3n) is 13.1. The monoisotopic (exact) mass is 849 g/mol. The molecule has 1 saturated heterocycles. The molecule has 3 aliphatic carbocycles. The zero-order valence-electron chi connectivity index (χ0n) is 33.0. The van der Waals surface area contributed by atoms with E-state index >= 15 is 0 Å². The van der Waals surface area contributed by atoms with Gasteiger partial charge in [0.15, 0.2) is 0 Å². The molecule has 286 valence electrons. The van der Waals surface area contributed by atoms with Crippen molar-refractivity contribution in [3.05, 3.63) is 93.5 Å². The van der Waals surface area contributed by atoms with Crippen LogP contribution in [0.3, 0.4) is 0 Å². The number of aryl methyl sites for hydroxylation is 2. The van der Waals surface area contributed by atoms with Gasteiger partial charge in [0.2, 0.25) is 0 Å². The van der Waals surface area contributed by atoms with Gasteiger partial charge in [-0.15, -0.1) is 0 Å². The third kappa shape index (κ3) is 9.35. The van der Waals surface area contributed by atoms with Crippen molar-refractivity contribution in [2.24, 2.45) is 0 Å². The molecule has 0 amide bonds. The van der Waals surface area contributed by atoms with Gasteiger partial charge in [-0.1, -0.05) is 19.3 Å². The van der Waals surface area contributed by atoms with Crippen molar-refractivity contribution in [3.63, 3.8) is 0 Å². The molecule has 0 aromatic heterocycles. The molecule has 0 bridgehead atoms. The van der Waals surface area contributed by atoms with Crippen molar-refractivity contribution in [3.8, 4) is 0 Å². The predicted molar refractivity (Wildman–Crippen MR) is 233 cm³/mol. The van der Waals surface area contributed by atoms with Crippen molar-refractivity contribution in [2.75, 3.05) is 22.9 Å². The van der Waals surface area contributed by atoms with Gasteiger partial charge in [-0.3, -0.25) is 0 Å². The Bertz CT molecular complexity index is 1660. The molecule has 3 aromatic carbocycles. The van der Waals surface area contributed by atoms with Gasteiger partial charge in [0, 0.05) is 7.92 Å². The van der Waals surface area contributed by atoms with Crippen LogP contribution in [0.25, 0.3) is 0 Å². The fourth-order valence-electron chi connectivity index (χ4n) is 9.70. The Morgan fingerprint density at radius 2 is 0.904 bits per heavy atom. The van der Waals surface area contributed by atoms with Crippen molar-refractivity contribution < 1.29 is 11.9 Å². The Hall–Kier alpha value is -1.37. The zero-order valence-corrected chi connectivity index (χ0v) is 37.3. The Balaban J connectivity index is 0.000000206. The minimum atomic E-state index is -3.43. The van der Waals surface area contributed by atoms with Crippen LogP contribution >= 0.6 is 27.3 Å². The summed E-state index contributed by atoms with van der Waals surface area (Å²) >= 11 is -3.43. The molecule has 3 aromatic rings. The minimum absolute atomic E-state index is 0.0465. The predicted octanol–water partition coefficient (Wildman–Crippen LogP) is 13.5. The van der Waals surface area contributed by atoms with Gasteiger partial charge in [-0.2, -0.15) is 0 Å². The first-order valence-corrected chi connectivity index (χ1v) is 28.6. The van der Waals surface area contributed by atoms with E-state index in [-0.39, 0.29) is 7.92 Å². The third-order valence-corrected chi connectivity index (χ3v) is 23.2. The Kier molecular flexibility index (Phi) is 14.3. The topological polar surface area (TPSA) is 6.48 Å². The molecular formula is C46H66Cl2N2PRu+. The number of anilines is 2. The summed E-state index contributed by atoms with van der Waals surface area (Å²) in [5.74, 6) is 0. The van der Waals surface area contributed by atoms with E-state index in [1.807, 2.05) is 18.2 Å². The summed E-state index contributed by atoms with van der Waals surface area (Å²) < 4.78 is 3.17. The molecule has 0 N–H and O–H groups in total. The van der Waals surface area contributed by atoms with E-state index in [1.54, 1.807) is 96.3 Å². The fourth-order valence-corrected chi connectivity index (χ4v) is 21.0. The number of halogens is 2. The van der Waals surface area contributed by atoms with Gasteiger partial charge in [-0.05, 0) is 77.0 Å². The van der Waals surface area contributed by atoms with Gasteiger partial charge < -0.3 is 0 Å². The molecule has 0 atom stereocenters. The molecule has 7 rings (SSSR count). The molecule has 4 fully saturated rings. The first-order chi connectivity index (χ1) is 25.1. The standard InChI is InChI=1S/C21H26N2.C18H33P.C7H6.2ClH.Ru/c1-14-7-9-20(18(5)16(14)3)22-11-12-23(13-22)21-10-8-15(2)17(4)19(21)6;1-4-10-16(11-5-1)19(17-12-6-2-7-13-17)18-14-8-3-9-15-18;1-7-5-3-2-4-6-7;;;/h7-10H,11-12H2,1-6H3;16-18H,1-15H2;1-6H;2*1H;/q;;;;;+2/p-1. The summed E-state index contributed by atoms with van der Waals surface area (Å²) in [4.78, 5) is 4.75. The average Bonchev–Trinajstić information content (AvgIpc) is 3.61.